The SMILES string of the molecule is COc1ccc2c(c1)[C@H](C(=O)N1CCCCC[C@@H]1c1ncon1)CC2. The molecule has 0 saturated carbocycles. The largest absolute Gasteiger partial charge is 0.497 e. The van der Waals surface area contributed by atoms with Crippen LogP contribution in [0.25, 0.3) is 0 Å². The summed E-state index contributed by atoms with van der Waals surface area (Å²) in [6.07, 6.45) is 7.28. The molecule has 6 nitrogen and oxygen atoms in total. The molecule has 4 rings (SSSR count). The highest BCUT2D eigenvalue weighted by Crippen LogP contribution is 2.39. The number of fused-ring (bicyclic) bond motifs is 1. The van der Waals surface area contributed by atoms with E-state index in [-0.39, 0.29) is 17.9 Å². The fraction of sp³-hybridized carbons (Fsp3) is 0.526. The van der Waals surface area contributed by atoms with Crippen molar-refractivity contribution in [3.05, 3.63) is 41.5 Å². The molecule has 1 saturated heterocycles. The lowest BCUT2D eigenvalue weighted by atomic mass is 9.98. The number of benzene rings is 1. The molecule has 0 radical (unpaired) electrons. The summed E-state index contributed by atoms with van der Waals surface area (Å²) in [4.78, 5) is 19.6. The summed E-state index contributed by atoms with van der Waals surface area (Å²) in [6, 6.07) is 6.00. The van der Waals surface area contributed by atoms with Gasteiger partial charge in [-0.15, -0.1) is 0 Å². The minimum absolute atomic E-state index is 0.0802. The summed E-state index contributed by atoms with van der Waals surface area (Å²) in [6.45, 7) is 0.758. The molecule has 2 aliphatic rings. The molecule has 1 aliphatic heterocycles. The monoisotopic (exact) mass is 341 g/mol. The van der Waals surface area contributed by atoms with Crippen molar-refractivity contribution in [3.8, 4) is 5.75 Å². The van der Waals surface area contributed by atoms with E-state index in [0.717, 1.165) is 56.4 Å². The Kier molecular flexibility index (Phi) is 4.42. The van der Waals surface area contributed by atoms with Gasteiger partial charge in [0, 0.05) is 6.54 Å². The summed E-state index contributed by atoms with van der Waals surface area (Å²) in [7, 11) is 1.66. The Bertz CT molecular complexity index is 744. The smallest absolute Gasteiger partial charge is 0.230 e. The van der Waals surface area contributed by atoms with Crippen molar-refractivity contribution in [2.24, 2.45) is 0 Å². The number of carbonyl (C=O) groups is 1. The number of methoxy groups -OCH3 is 1. The Balaban J connectivity index is 1.63. The van der Waals surface area contributed by atoms with Gasteiger partial charge in [-0.1, -0.05) is 24.1 Å². The molecule has 1 fully saturated rings. The van der Waals surface area contributed by atoms with Gasteiger partial charge in [0.15, 0.2) is 5.82 Å². The van der Waals surface area contributed by atoms with Gasteiger partial charge in [0.05, 0.1) is 19.1 Å². The fourth-order valence-corrected chi connectivity index (χ4v) is 4.13. The van der Waals surface area contributed by atoms with Crippen molar-refractivity contribution in [1.82, 2.24) is 15.0 Å². The standard InChI is InChI=1S/C19H23N3O3/c1-24-14-8-6-13-7-9-15(16(13)11-14)19(23)22-10-4-2-3-5-17(22)18-20-12-25-21-18/h6,8,11-12,15,17H,2-5,7,9-10H2,1H3/t15-,17-/m1/s1. The zero-order valence-electron chi connectivity index (χ0n) is 14.5. The highest BCUT2D eigenvalue weighted by molar-refractivity contribution is 5.85. The third-order valence-corrected chi connectivity index (χ3v) is 5.44. The normalized spacial score (nSPS) is 23.2. The predicted molar refractivity (Wildman–Crippen MR) is 91.3 cm³/mol. The van der Waals surface area contributed by atoms with Crippen LogP contribution in [-0.4, -0.2) is 34.6 Å². The number of nitrogens with zero attached hydrogens (tertiary/aromatic N) is 3. The van der Waals surface area contributed by atoms with E-state index in [9.17, 15) is 4.79 Å². The van der Waals surface area contributed by atoms with Crippen molar-refractivity contribution in [2.75, 3.05) is 13.7 Å². The topological polar surface area (TPSA) is 68.5 Å². The van der Waals surface area contributed by atoms with Crippen LogP contribution < -0.4 is 4.74 Å². The average Bonchev–Trinajstić information content (AvgIpc) is 3.25. The fourth-order valence-electron chi connectivity index (χ4n) is 4.13. The molecular weight excluding hydrogens is 318 g/mol. The Labute approximate surface area is 147 Å². The van der Waals surface area contributed by atoms with E-state index < -0.39 is 0 Å². The number of aromatic nitrogens is 2. The highest BCUT2D eigenvalue weighted by atomic mass is 16.5. The van der Waals surface area contributed by atoms with Gasteiger partial charge >= 0.3 is 0 Å². The maximum absolute atomic E-state index is 13.4. The molecule has 1 amide bonds. The van der Waals surface area contributed by atoms with E-state index in [2.05, 4.69) is 16.2 Å². The van der Waals surface area contributed by atoms with Gasteiger partial charge in [0.2, 0.25) is 12.3 Å². The number of aryl methyl sites for hydroxylation is 1. The van der Waals surface area contributed by atoms with Gasteiger partial charge in [0.25, 0.3) is 0 Å². The molecule has 6 heteroatoms. The molecule has 1 aliphatic carbocycles. The third-order valence-electron chi connectivity index (χ3n) is 5.44. The molecular formula is C19H23N3O3. The highest BCUT2D eigenvalue weighted by Gasteiger charge is 2.37. The quantitative estimate of drug-likeness (QED) is 0.857. The lowest BCUT2D eigenvalue weighted by Crippen LogP contribution is -2.38. The van der Waals surface area contributed by atoms with Crippen molar-refractivity contribution >= 4 is 5.91 Å². The number of rotatable bonds is 3. The Morgan fingerprint density at radius 3 is 3.00 bits per heavy atom. The molecule has 1 aromatic carbocycles. The zero-order chi connectivity index (χ0) is 17.2. The van der Waals surface area contributed by atoms with Gasteiger partial charge in [0.1, 0.15) is 5.75 Å². The molecule has 0 bridgehead atoms. The first-order chi connectivity index (χ1) is 12.3. The molecule has 0 unspecified atom stereocenters. The second kappa shape index (κ2) is 6.86. The van der Waals surface area contributed by atoms with Crippen LogP contribution in [0.5, 0.6) is 5.75 Å². The number of carbonyl (C=O) groups excluding carboxylic acids is 1. The first-order valence-corrected chi connectivity index (χ1v) is 9.01. The average molecular weight is 341 g/mol. The van der Waals surface area contributed by atoms with Crippen LogP contribution in [0.3, 0.4) is 0 Å². The van der Waals surface area contributed by atoms with Gasteiger partial charge < -0.3 is 14.2 Å². The van der Waals surface area contributed by atoms with Crippen LogP contribution >= 0.6 is 0 Å². The number of hydrogen-bond donors (Lipinski definition) is 0. The van der Waals surface area contributed by atoms with Crippen molar-refractivity contribution < 1.29 is 14.1 Å². The van der Waals surface area contributed by atoms with Crippen LogP contribution in [0.1, 0.15) is 61.0 Å². The van der Waals surface area contributed by atoms with E-state index >= 15 is 0 Å². The predicted octanol–water partition coefficient (Wildman–Crippen LogP) is 3.25. The van der Waals surface area contributed by atoms with Gasteiger partial charge in [-0.3, -0.25) is 4.79 Å². The first-order valence-electron chi connectivity index (χ1n) is 9.01. The lowest BCUT2D eigenvalue weighted by Gasteiger charge is -2.30. The summed E-state index contributed by atoms with van der Waals surface area (Å²) in [5.74, 6) is 1.52. The van der Waals surface area contributed by atoms with E-state index in [1.807, 2.05) is 17.0 Å². The van der Waals surface area contributed by atoms with Crippen LogP contribution in [-0.2, 0) is 11.2 Å². The Hall–Kier alpha value is -2.37. The number of likely N-dealkylation sites (tertiary alicyclic amines) is 1. The molecule has 0 spiro atoms. The van der Waals surface area contributed by atoms with Crippen LogP contribution in [0, 0.1) is 0 Å². The number of amides is 1. The molecule has 0 N–H and O–H groups in total. The third kappa shape index (κ3) is 3.01. The van der Waals surface area contributed by atoms with Crippen molar-refractivity contribution in [1.29, 1.82) is 0 Å². The minimum Gasteiger partial charge on any atom is -0.497 e. The Morgan fingerprint density at radius 2 is 2.20 bits per heavy atom. The number of hydrogen-bond acceptors (Lipinski definition) is 5. The van der Waals surface area contributed by atoms with Crippen molar-refractivity contribution in [2.45, 2.75) is 50.5 Å². The van der Waals surface area contributed by atoms with Gasteiger partial charge in [-0.2, -0.15) is 4.98 Å². The van der Waals surface area contributed by atoms with E-state index in [1.54, 1.807) is 7.11 Å². The van der Waals surface area contributed by atoms with E-state index in [1.165, 1.54) is 12.0 Å². The number of ether oxygens (including phenoxy) is 1. The summed E-state index contributed by atoms with van der Waals surface area (Å²) >= 11 is 0. The van der Waals surface area contributed by atoms with Gasteiger partial charge in [-0.05, 0) is 48.9 Å². The molecule has 2 heterocycles. The second-order valence-electron chi connectivity index (χ2n) is 6.84. The molecule has 2 atom stereocenters. The van der Waals surface area contributed by atoms with Gasteiger partial charge in [-0.25, -0.2) is 0 Å². The summed E-state index contributed by atoms with van der Waals surface area (Å²) in [5.41, 5.74) is 2.37. The first kappa shape index (κ1) is 16.1. The van der Waals surface area contributed by atoms with E-state index in [4.69, 9.17) is 9.26 Å². The van der Waals surface area contributed by atoms with E-state index in [0.29, 0.717) is 5.82 Å². The van der Waals surface area contributed by atoms with Crippen molar-refractivity contribution in [3.63, 3.8) is 0 Å². The molecule has 25 heavy (non-hydrogen) atoms. The molecule has 132 valence electrons. The van der Waals surface area contributed by atoms with Crippen LogP contribution in [0.2, 0.25) is 0 Å². The lowest BCUT2D eigenvalue weighted by molar-refractivity contribution is -0.135. The zero-order valence-corrected chi connectivity index (χ0v) is 14.5. The summed E-state index contributed by atoms with van der Waals surface area (Å²) < 4.78 is 10.3. The van der Waals surface area contributed by atoms with Crippen LogP contribution in [0.4, 0.5) is 0 Å². The van der Waals surface area contributed by atoms with Crippen LogP contribution in [0.15, 0.2) is 29.1 Å². The maximum atomic E-state index is 13.4. The molecule has 1 aromatic heterocycles. The second-order valence-corrected chi connectivity index (χ2v) is 6.84. The minimum atomic E-state index is -0.0994. The maximum Gasteiger partial charge on any atom is 0.230 e. The summed E-state index contributed by atoms with van der Waals surface area (Å²) in [5, 5.41) is 4.01. The molecule has 2 aromatic rings. The Morgan fingerprint density at radius 1 is 1.28 bits per heavy atom.